The number of carbonyl (C=O) groups excluding carboxylic acids is 1. The number of ether oxygens (including phenoxy) is 1. The SMILES string of the molecule is CC(NC(=O)OCC1c2ccccc2-c2ccccc21)c1nc2cccc(Cl)c2c(=O)n1CCC(C)(C)NC(=O)O. The maximum atomic E-state index is 13.6. The maximum absolute atomic E-state index is 13.6. The molecular formula is C31H31ClN4O5. The number of rotatable bonds is 8. The van der Waals surface area contributed by atoms with E-state index in [-0.39, 0.29) is 35.0 Å². The number of fused-ring (bicyclic) bond motifs is 4. The summed E-state index contributed by atoms with van der Waals surface area (Å²) in [5.74, 6) is 0.218. The van der Waals surface area contributed by atoms with Gasteiger partial charge in [0.15, 0.2) is 0 Å². The lowest BCUT2D eigenvalue weighted by molar-refractivity contribution is 0.139. The van der Waals surface area contributed by atoms with Crippen molar-refractivity contribution in [1.82, 2.24) is 20.2 Å². The summed E-state index contributed by atoms with van der Waals surface area (Å²) >= 11 is 6.35. The van der Waals surface area contributed by atoms with E-state index in [1.807, 2.05) is 36.4 Å². The average Bonchev–Trinajstić information content (AvgIpc) is 3.24. The lowest BCUT2D eigenvalue weighted by Gasteiger charge is -2.26. The molecule has 212 valence electrons. The predicted octanol–water partition coefficient (Wildman–Crippen LogP) is 6.09. The number of amides is 2. The monoisotopic (exact) mass is 574 g/mol. The van der Waals surface area contributed by atoms with Gasteiger partial charge in [-0.15, -0.1) is 0 Å². The molecule has 1 heterocycles. The Morgan fingerprint density at radius 2 is 1.68 bits per heavy atom. The Bertz CT molecular complexity index is 1650. The molecule has 41 heavy (non-hydrogen) atoms. The van der Waals surface area contributed by atoms with E-state index in [1.54, 1.807) is 39.0 Å². The second-order valence-corrected chi connectivity index (χ2v) is 11.2. The Morgan fingerprint density at radius 1 is 1.05 bits per heavy atom. The fourth-order valence-corrected chi connectivity index (χ4v) is 5.66. The van der Waals surface area contributed by atoms with Gasteiger partial charge in [0.1, 0.15) is 12.4 Å². The summed E-state index contributed by atoms with van der Waals surface area (Å²) in [7, 11) is 0. The van der Waals surface area contributed by atoms with Crippen LogP contribution in [0.2, 0.25) is 5.02 Å². The van der Waals surface area contributed by atoms with Gasteiger partial charge in [-0.2, -0.15) is 0 Å². The van der Waals surface area contributed by atoms with E-state index in [4.69, 9.17) is 16.3 Å². The second kappa shape index (κ2) is 11.2. The molecule has 1 unspecified atom stereocenters. The van der Waals surface area contributed by atoms with Crippen LogP contribution in [0.3, 0.4) is 0 Å². The van der Waals surface area contributed by atoms with Crippen molar-refractivity contribution in [2.75, 3.05) is 6.61 Å². The molecule has 1 aliphatic rings. The summed E-state index contributed by atoms with van der Waals surface area (Å²) < 4.78 is 7.14. The van der Waals surface area contributed by atoms with Crippen LogP contribution in [0.1, 0.15) is 56.1 Å². The number of carboxylic acid groups (broad SMARTS) is 1. The molecule has 4 aromatic rings. The molecule has 3 N–H and O–H groups in total. The molecule has 1 atom stereocenters. The molecule has 1 aromatic heterocycles. The van der Waals surface area contributed by atoms with Crippen LogP contribution in [-0.2, 0) is 11.3 Å². The Kier molecular flexibility index (Phi) is 7.73. The van der Waals surface area contributed by atoms with Crippen LogP contribution in [0.4, 0.5) is 9.59 Å². The van der Waals surface area contributed by atoms with Crippen molar-refractivity contribution >= 4 is 34.7 Å². The zero-order valence-corrected chi connectivity index (χ0v) is 23.7. The molecule has 2 amide bonds. The molecule has 0 saturated carbocycles. The van der Waals surface area contributed by atoms with Crippen molar-refractivity contribution in [3.8, 4) is 11.1 Å². The summed E-state index contributed by atoms with van der Waals surface area (Å²) in [4.78, 5) is 42.5. The molecule has 0 radical (unpaired) electrons. The fourth-order valence-electron chi connectivity index (χ4n) is 5.41. The average molecular weight is 575 g/mol. The molecule has 0 aliphatic heterocycles. The van der Waals surface area contributed by atoms with Crippen molar-refractivity contribution in [2.24, 2.45) is 0 Å². The van der Waals surface area contributed by atoms with Crippen LogP contribution in [0, 0.1) is 0 Å². The summed E-state index contributed by atoms with van der Waals surface area (Å²) in [6.45, 7) is 5.47. The number of nitrogens with zero attached hydrogens (tertiary/aromatic N) is 2. The van der Waals surface area contributed by atoms with Crippen molar-refractivity contribution in [2.45, 2.75) is 51.2 Å². The highest BCUT2D eigenvalue weighted by Crippen LogP contribution is 2.44. The lowest BCUT2D eigenvalue weighted by Crippen LogP contribution is -2.44. The summed E-state index contributed by atoms with van der Waals surface area (Å²) in [5.41, 5.74) is 3.69. The van der Waals surface area contributed by atoms with Crippen LogP contribution in [0.15, 0.2) is 71.5 Å². The third kappa shape index (κ3) is 5.76. The summed E-state index contributed by atoms with van der Waals surface area (Å²) in [6.07, 6.45) is -1.51. The molecule has 1 aliphatic carbocycles. The number of nitrogens with one attached hydrogen (secondary N) is 2. The van der Waals surface area contributed by atoms with Gasteiger partial charge in [-0.25, -0.2) is 14.6 Å². The predicted molar refractivity (Wildman–Crippen MR) is 157 cm³/mol. The third-order valence-corrected chi connectivity index (χ3v) is 7.75. The number of aromatic nitrogens is 2. The zero-order chi connectivity index (χ0) is 29.3. The fraction of sp³-hybridized carbons (Fsp3) is 0.290. The number of halogens is 1. The quantitative estimate of drug-likeness (QED) is 0.234. The molecular weight excluding hydrogens is 544 g/mol. The minimum Gasteiger partial charge on any atom is -0.465 e. The summed E-state index contributed by atoms with van der Waals surface area (Å²) in [5, 5.41) is 15.0. The Labute approximate surface area is 242 Å². The van der Waals surface area contributed by atoms with Gasteiger partial charge in [0, 0.05) is 18.0 Å². The zero-order valence-electron chi connectivity index (χ0n) is 23.0. The molecule has 5 rings (SSSR count). The minimum atomic E-state index is -1.16. The van der Waals surface area contributed by atoms with Gasteiger partial charge in [0.05, 0.1) is 22.0 Å². The Morgan fingerprint density at radius 3 is 2.32 bits per heavy atom. The largest absolute Gasteiger partial charge is 0.465 e. The van der Waals surface area contributed by atoms with E-state index in [0.717, 1.165) is 22.3 Å². The number of hydrogen-bond acceptors (Lipinski definition) is 5. The molecule has 9 nitrogen and oxygen atoms in total. The highest BCUT2D eigenvalue weighted by atomic mass is 35.5. The van der Waals surface area contributed by atoms with Gasteiger partial charge in [-0.1, -0.05) is 66.2 Å². The van der Waals surface area contributed by atoms with Gasteiger partial charge >= 0.3 is 12.2 Å². The molecule has 3 aromatic carbocycles. The first kappa shape index (κ1) is 28.2. The first-order chi connectivity index (χ1) is 19.6. The highest BCUT2D eigenvalue weighted by Gasteiger charge is 2.30. The normalized spacial score (nSPS) is 13.4. The second-order valence-electron chi connectivity index (χ2n) is 10.8. The van der Waals surface area contributed by atoms with Gasteiger partial charge in [-0.05, 0) is 61.6 Å². The number of hydrogen-bond donors (Lipinski definition) is 3. The maximum Gasteiger partial charge on any atom is 0.407 e. The molecule has 0 bridgehead atoms. The van der Waals surface area contributed by atoms with Crippen molar-refractivity contribution in [3.63, 3.8) is 0 Å². The Hall–Kier alpha value is -4.37. The van der Waals surface area contributed by atoms with Crippen LogP contribution in [0.25, 0.3) is 22.0 Å². The van der Waals surface area contributed by atoms with Crippen molar-refractivity contribution in [3.05, 3.63) is 99.1 Å². The molecule has 0 saturated heterocycles. The van der Waals surface area contributed by atoms with E-state index in [2.05, 4.69) is 27.8 Å². The first-order valence-corrected chi connectivity index (χ1v) is 13.7. The highest BCUT2D eigenvalue weighted by molar-refractivity contribution is 6.35. The van der Waals surface area contributed by atoms with Crippen molar-refractivity contribution < 1.29 is 19.4 Å². The molecule has 0 spiro atoms. The third-order valence-electron chi connectivity index (χ3n) is 7.43. The van der Waals surface area contributed by atoms with E-state index < -0.39 is 23.8 Å². The lowest BCUT2D eigenvalue weighted by atomic mass is 9.98. The van der Waals surface area contributed by atoms with Crippen LogP contribution in [0.5, 0.6) is 0 Å². The van der Waals surface area contributed by atoms with Gasteiger partial charge in [0.25, 0.3) is 5.56 Å². The van der Waals surface area contributed by atoms with Gasteiger partial charge in [0.2, 0.25) is 0 Å². The van der Waals surface area contributed by atoms with E-state index in [9.17, 15) is 19.5 Å². The minimum absolute atomic E-state index is 0.0912. The number of carbonyl (C=O) groups is 2. The number of benzene rings is 3. The van der Waals surface area contributed by atoms with Crippen molar-refractivity contribution in [1.29, 1.82) is 0 Å². The van der Waals surface area contributed by atoms with Gasteiger partial charge in [-0.3, -0.25) is 9.36 Å². The van der Waals surface area contributed by atoms with E-state index >= 15 is 0 Å². The first-order valence-electron chi connectivity index (χ1n) is 13.4. The topological polar surface area (TPSA) is 123 Å². The van der Waals surface area contributed by atoms with Crippen LogP contribution >= 0.6 is 11.6 Å². The molecule has 10 heteroatoms. The Balaban J connectivity index is 1.37. The van der Waals surface area contributed by atoms with Crippen LogP contribution in [-0.4, -0.2) is 39.0 Å². The van der Waals surface area contributed by atoms with E-state index in [0.29, 0.717) is 17.8 Å². The molecule has 0 fully saturated rings. The smallest absolute Gasteiger partial charge is 0.407 e. The van der Waals surface area contributed by atoms with Crippen LogP contribution < -0.4 is 16.2 Å². The summed E-state index contributed by atoms with van der Waals surface area (Å²) in [6, 6.07) is 20.5. The van der Waals surface area contributed by atoms with Gasteiger partial charge < -0.3 is 20.5 Å². The van der Waals surface area contributed by atoms with E-state index in [1.165, 1.54) is 4.57 Å². The standard InChI is InChI=1S/C31H31ClN4O5/c1-18(33-30(40)41-17-23-21-11-6-4-9-19(21)20-10-5-7-12-22(20)23)27-34-25-14-8-13-24(32)26(25)28(37)36(27)16-15-31(2,3)35-29(38)39/h4-14,18,23,35H,15-17H2,1-3H3,(H,33,40)(H,38,39). The number of alkyl carbamates (subject to hydrolysis) is 1.